The highest BCUT2D eigenvalue weighted by molar-refractivity contribution is 5.78. The number of hydrogen-bond acceptors (Lipinski definition) is 7. The van der Waals surface area contributed by atoms with Crippen LogP contribution in [0.15, 0.2) is 51.7 Å². The molecule has 3 aromatic rings. The molecule has 1 amide bonds. The molecule has 0 spiro atoms. The molecule has 9 heteroatoms. The third-order valence-corrected chi connectivity index (χ3v) is 5.57. The molecular weight excluding hydrogens is 457 g/mol. The molecule has 1 atom stereocenters. The summed E-state index contributed by atoms with van der Waals surface area (Å²) >= 11 is 0. The van der Waals surface area contributed by atoms with Crippen LogP contribution in [-0.2, 0) is 11.2 Å². The summed E-state index contributed by atoms with van der Waals surface area (Å²) in [5.41, 5.74) is 0.545. The summed E-state index contributed by atoms with van der Waals surface area (Å²) in [5.74, 6) is -0.583. The molecule has 0 unspecified atom stereocenters. The van der Waals surface area contributed by atoms with Crippen LogP contribution in [0.25, 0.3) is 0 Å². The highest BCUT2D eigenvalue weighted by Crippen LogP contribution is 2.42. The molecule has 2 N–H and O–H groups in total. The smallest absolute Gasteiger partial charge is 0.343 e. The molecule has 0 aliphatic heterocycles. The van der Waals surface area contributed by atoms with E-state index >= 15 is 0 Å². The van der Waals surface area contributed by atoms with Crippen LogP contribution in [0, 0.1) is 12.7 Å². The topological polar surface area (TPSA) is 107 Å². The van der Waals surface area contributed by atoms with Gasteiger partial charge in [-0.2, -0.15) is 0 Å². The lowest BCUT2D eigenvalue weighted by Crippen LogP contribution is -2.28. The second-order valence-electron chi connectivity index (χ2n) is 7.89. The van der Waals surface area contributed by atoms with E-state index in [4.69, 9.17) is 18.6 Å². The van der Waals surface area contributed by atoms with Gasteiger partial charge in [0.05, 0.1) is 26.9 Å². The van der Waals surface area contributed by atoms with Crippen LogP contribution in [0.2, 0.25) is 0 Å². The van der Waals surface area contributed by atoms with Gasteiger partial charge in [-0.25, -0.2) is 9.18 Å². The molecule has 0 aliphatic carbocycles. The van der Waals surface area contributed by atoms with Crippen molar-refractivity contribution >= 4 is 5.91 Å². The maximum Gasteiger partial charge on any atom is 0.343 e. The molecule has 1 heterocycles. The Kier molecular flexibility index (Phi) is 8.35. The Hall–Kier alpha value is -4.01. The van der Waals surface area contributed by atoms with Crippen LogP contribution in [-0.4, -0.2) is 38.9 Å². The van der Waals surface area contributed by atoms with Crippen LogP contribution in [0.3, 0.4) is 0 Å². The molecule has 0 saturated heterocycles. The number of halogens is 1. The third-order valence-electron chi connectivity index (χ3n) is 5.57. The first-order chi connectivity index (χ1) is 16.8. The number of carbonyl (C=O) groups excluding carboxylic acids is 1. The Morgan fingerprint density at radius 2 is 1.69 bits per heavy atom. The molecule has 0 bridgehead atoms. The molecular formula is C26H28FNO7. The van der Waals surface area contributed by atoms with Gasteiger partial charge in [-0.15, -0.1) is 0 Å². The molecule has 3 rings (SSSR count). The number of rotatable bonds is 10. The van der Waals surface area contributed by atoms with Crippen LogP contribution < -0.4 is 25.2 Å². The Morgan fingerprint density at radius 1 is 1.06 bits per heavy atom. The zero-order valence-electron chi connectivity index (χ0n) is 20.0. The summed E-state index contributed by atoms with van der Waals surface area (Å²) in [6.45, 7) is 1.85. The van der Waals surface area contributed by atoms with E-state index in [0.717, 1.165) is 5.56 Å². The highest BCUT2D eigenvalue weighted by Gasteiger charge is 2.28. The molecule has 0 saturated carbocycles. The second kappa shape index (κ2) is 11.4. The van der Waals surface area contributed by atoms with E-state index in [1.807, 2.05) is 0 Å². The molecule has 35 heavy (non-hydrogen) atoms. The lowest BCUT2D eigenvalue weighted by molar-refractivity contribution is -0.121. The average molecular weight is 486 g/mol. The van der Waals surface area contributed by atoms with Crippen LogP contribution in [0.1, 0.15) is 34.8 Å². The molecule has 186 valence electrons. The summed E-state index contributed by atoms with van der Waals surface area (Å²) in [6.07, 6.45) is 0.336. The predicted molar refractivity (Wildman–Crippen MR) is 127 cm³/mol. The van der Waals surface area contributed by atoms with Crippen molar-refractivity contribution in [1.29, 1.82) is 0 Å². The van der Waals surface area contributed by atoms with Crippen LogP contribution >= 0.6 is 0 Å². The first kappa shape index (κ1) is 25.6. The summed E-state index contributed by atoms with van der Waals surface area (Å²) in [5, 5.41) is 13.4. The molecule has 0 aliphatic rings. The van der Waals surface area contributed by atoms with E-state index in [0.29, 0.717) is 35.8 Å². The summed E-state index contributed by atoms with van der Waals surface area (Å²) in [6, 6.07) is 10.6. The fraction of sp³-hybridized carbons (Fsp3) is 0.308. The first-order valence-electron chi connectivity index (χ1n) is 10.9. The van der Waals surface area contributed by atoms with Crippen molar-refractivity contribution in [3.63, 3.8) is 0 Å². The predicted octanol–water partition coefficient (Wildman–Crippen LogP) is 3.70. The standard InChI is InChI=1S/C26H28FNO7/c1-15-11-20(29)24(26(31)35-15)19(17-12-21(32-2)25(34-4)22(13-17)33-3)14-23(30)28-10-9-16-5-7-18(27)8-6-16/h5-8,11-13,19,29H,9-10,14H2,1-4H3,(H,28,30)/t19-/m1/s1. The molecule has 2 aromatic carbocycles. The van der Waals surface area contributed by atoms with E-state index in [1.54, 1.807) is 31.2 Å². The lowest BCUT2D eigenvalue weighted by Gasteiger charge is -2.21. The summed E-state index contributed by atoms with van der Waals surface area (Å²) in [4.78, 5) is 25.6. The minimum Gasteiger partial charge on any atom is -0.507 e. The molecule has 0 fully saturated rings. The Morgan fingerprint density at radius 3 is 2.23 bits per heavy atom. The van der Waals surface area contributed by atoms with E-state index in [1.165, 1.54) is 39.5 Å². The monoisotopic (exact) mass is 485 g/mol. The number of amides is 1. The van der Waals surface area contributed by atoms with Gasteiger partial charge in [0.25, 0.3) is 0 Å². The van der Waals surface area contributed by atoms with Gasteiger partial charge in [0.1, 0.15) is 17.3 Å². The fourth-order valence-electron chi connectivity index (χ4n) is 3.87. The number of benzene rings is 2. The number of carbonyl (C=O) groups is 1. The normalized spacial score (nSPS) is 11.6. The molecule has 8 nitrogen and oxygen atoms in total. The minimum absolute atomic E-state index is 0.0569. The molecule has 1 aromatic heterocycles. The number of methoxy groups -OCH3 is 3. The zero-order chi connectivity index (χ0) is 25.5. The van der Waals surface area contributed by atoms with Crippen molar-refractivity contribution < 1.29 is 32.9 Å². The van der Waals surface area contributed by atoms with Gasteiger partial charge < -0.3 is 29.1 Å². The first-order valence-corrected chi connectivity index (χ1v) is 10.9. The Labute approximate surface area is 202 Å². The van der Waals surface area contributed by atoms with Gasteiger partial charge >= 0.3 is 5.63 Å². The van der Waals surface area contributed by atoms with E-state index in [-0.39, 0.29) is 35.2 Å². The maximum atomic E-state index is 13.1. The van der Waals surface area contributed by atoms with E-state index < -0.39 is 11.5 Å². The largest absolute Gasteiger partial charge is 0.507 e. The van der Waals surface area contributed by atoms with Crippen molar-refractivity contribution in [2.75, 3.05) is 27.9 Å². The van der Waals surface area contributed by atoms with Gasteiger partial charge in [-0.3, -0.25) is 4.79 Å². The van der Waals surface area contributed by atoms with Gasteiger partial charge in [-0.1, -0.05) is 12.1 Å². The minimum atomic E-state index is -0.869. The van der Waals surface area contributed by atoms with E-state index in [9.17, 15) is 19.1 Å². The van der Waals surface area contributed by atoms with Crippen LogP contribution in [0.4, 0.5) is 4.39 Å². The number of ether oxygens (including phenoxy) is 3. The number of aromatic hydroxyl groups is 1. The zero-order valence-corrected chi connectivity index (χ0v) is 20.0. The maximum absolute atomic E-state index is 13.1. The van der Waals surface area contributed by atoms with Crippen molar-refractivity contribution in [1.82, 2.24) is 5.32 Å². The van der Waals surface area contributed by atoms with Crippen molar-refractivity contribution in [2.45, 2.75) is 25.7 Å². The van der Waals surface area contributed by atoms with Gasteiger partial charge in [0, 0.05) is 24.9 Å². The average Bonchev–Trinajstić information content (AvgIpc) is 2.83. The van der Waals surface area contributed by atoms with Crippen molar-refractivity contribution in [3.8, 4) is 23.0 Å². The Balaban J connectivity index is 1.93. The van der Waals surface area contributed by atoms with Gasteiger partial charge in [0.15, 0.2) is 11.5 Å². The summed E-state index contributed by atoms with van der Waals surface area (Å²) < 4.78 is 34.5. The SMILES string of the molecule is COc1cc([C@@H](CC(=O)NCCc2ccc(F)cc2)c2c(O)cc(C)oc2=O)cc(OC)c1OC. The van der Waals surface area contributed by atoms with Crippen molar-refractivity contribution in [2.24, 2.45) is 0 Å². The van der Waals surface area contributed by atoms with Crippen molar-refractivity contribution in [3.05, 3.63) is 81.2 Å². The van der Waals surface area contributed by atoms with Gasteiger partial charge in [-0.05, 0) is 48.7 Å². The molecule has 0 radical (unpaired) electrons. The van der Waals surface area contributed by atoms with Gasteiger partial charge in [0.2, 0.25) is 11.7 Å². The second-order valence-corrected chi connectivity index (χ2v) is 7.89. The van der Waals surface area contributed by atoms with E-state index in [2.05, 4.69) is 5.32 Å². The summed E-state index contributed by atoms with van der Waals surface area (Å²) in [7, 11) is 4.37. The Bertz CT molecular complexity index is 1210. The number of aryl methyl sites for hydroxylation is 1. The number of nitrogens with one attached hydrogen (secondary N) is 1. The number of hydrogen-bond donors (Lipinski definition) is 2. The van der Waals surface area contributed by atoms with Crippen LogP contribution in [0.5, 0.6) is 23.0 Å². The third kappa shape index (κ3) is 6.11. The lowest BCUT2D eigenvalue weighted by atomic mass is 9.88. The quantitative estimate of drug-likeness (QED) is 0.451. The highest BCUT2D eigenvalue weighted by atomic mass is 19.1. The fourth-order valence-corrected chi connectivity index (χ4v) is 3.87.